The van der Waals surface area contributed by atoms with Crippen LogP contribution in [0.3, 0.4) is 0 Å². The summed E-state index contributed by atoms with van der Waals surface area (Å²) in [6.45, 7) is 9.53. The SMILES string of the molecule is CCN(CC)c1ccc(C2(C)OC(=O)CC(=O)O2)cc1.Cc1cc(CCl)c(O)c(-n2nc3ccccc3n2)c1. The maximum absolute atomic E-state index is 11.4. The summed E-state index contributed by atoms with van der Waals surface area (Å²) >= 11 is 5.83. The number of hydrogen-bond donors (Lipinski definition) is 1. The van der Waals surface area contributed by atoms with Gasteiger partial charge in [0.2, 0.25) is 0 Å². The highest BCUT2D eigenvalue weighted by molar-refractivity contribution is 6.17. The first kappa shape index (κ1) is 27.9. The zero-order valence-corrected chi connectivity index (χ0v) is 23.1. The van der Waals surface area contributed by atoms with Gasteiger partial charge in [-0.05, 0) is 68.8 Å². The van der Waals surface area contributed by atoms with E-state index in [-0.39, 0.29) is 18.1 Å². The Morgan fingerprint density at radius 1 is 0.974 bits per heavy atom. The molecule has 1 N–H and O–H groups in total. The van der Waals surface area contributed by atoms with Crippen LogP contribution in [0, 0.1) is 6.92 Å². The molecule has 5 rings (SSSR count). The van der Waals surface area contributed by atoms with Crippen LogP contribution in [0.5, 0.6) is 5.75 Å². The number of cyclic esters (lactones) is 2. The lowest BCUT2D eigenvalue weighted by Crippen LogP contribution is -2.40. The van der Waals surface area contributed by atoms with Crippen LogP contribution >= 0.6 is 11.6 Å². The number of anilines is 1. The van der Waals surface area contributed by atoms with Gasteiger partial charge in [0.1, 0.15) is 28.9 Å². The Morgan fingerprint density at radius 3 is 2.05 bits per heavy atom. The van der Waals surface area contributed by atoms with Crippen LogP contribution < -0.4 is 4.90 Å². The molecule has 1 aliphatic rings. The Morgan fingerprint density at radius 2 is 1.54 bits per heavy atom. The lowest BCUT2D eigenvalue weighted by atomic mass is 10.1. The summed E-state index contributed by atoms with van der Waals surface area (Å²) in [6, 6.07) is 18.8. The number of aromatic nitrogens is 3. The zero-order chi connectivity index (χ0) is 28.2. The number of esters is 2. The van der Waals surface area contributed by atoms with Gasteiger partial charge >= 0.3 is 11.9 Å². The molecule has 9 nitrogen and oxygen atoms in total. The average Bonchev–Trinajstić information content (AvgIpc) is 3.34. The third kappa shape index (κ3) is 6.15. The van der Waals surface area contributed by atoms with Crippen molar-refractivity contribution in [3.05, 3.63) is 77.4 Å². The van der Waals surface area contributed by atoms with Gasteiger partial charge in [-0.25, -0.2) is 0 Å². The molecule has 0 bridgehead atoms. The van der Waals surface area contributed by atoms with Gasteiger partial charge in [0.05, 0.1) is 5.88 Å². The van der Waals surface area contributed by atoms with E-state index in [1.807, 2.05) is 67.6 Å². The van der Waals surface area contributed by atoms with Gasteiger partial charge in [-0.15, -0.1) is 26.6 Å². The van der Waals surface area contributed by atoms with E-state index in [0.717, 1.165) is 35.4 Å². The molecule has 0 amide bonds. The number of carbonyl (C=O) groups is 2. The summed E-state index contributed by atoms with van der Waals surface area (Å²) in [5, 5.41) is 18.9. The van der Waals surface area contributed by atoms with E-state index in [2.05, 4.69) is 28.9 Å². The number of aromatic hydroxyl groups is 1. The molecular weight excluding hydrogens is 520 g/mol. The van der Waals surface area contributed by atoms with E-state index in [1.165, 1.54) is 4.80 Å². The van der Waals surface area contributed by atoms with Crippen LogP contribution in [-0.2, 0) is 30.7 Å². The zero-order valence-electron chi connectivity index (χ0n) is 22.3. The number of halogens is 1. The molecule has 1 fully saturated rings. The van der Waals surface area contributed by atoms with Crippen LogP contribution in [0.1, 0.15) is 43.9 Å². The number of nitrogens with zero attached hydrogens (tertiary/aromatic N) is 4. The highest BCUT2D eigenvalue weighted by Gasteiger charge is 2.40. The van der Waals surface area contributed by atoms with Crippen molar-refractivity contribution in [1.29, 1.82) is 0 Å². The predicted octanol–water partition coefficient (Wildman–Crippen LogP) is 5.37. The molecule has 1 aromatic heterocycles. The molecule has 1 aliphatic heterocycles. The minimum atomic E-state index is -1.33. The van der Waals surface area contributed by atoms with Gasteiger partial charge in [-0.3, -0.25) is 9.59 Å². The van der Waals surface area contributed by atoms with Crippen LogP contribution in [0.15, 0.2) is 60.7 Å². The summed E-state index contributed by atoms with van der Waals surface area (Å²) in [5.41, 5.74) is 5.53. The van der Waals surface area contributed by atoms with Gasteiger partial charge in [-0.1, -0.05) is 18.2 Å². The Balaban J connectivity index is 0.000000181. The minimum Gasteiger partial charge on any atom is -0.505 e. The van der Waals surface area contributed by atoms with E-state index in [4.69, 9.17) is 21.1 Å². The number of carbonyl (C=O) groups excluding carboxylic acids is 2. The van der Waals surface area contributed by atoms with E-state index < -0.39 is 17.7 Å². The second-order valence-electron chi connectivity index (χ2n) is 9.19. The molecule has 0 spiro atoms. The number of aryl methyl sites for hydroxylation is 1. The Kier molecular flexibility index (Phi) is 8.40. The summed E-state index contributed by atoms with van der Waals surface area (Å²) in [4.78, 5) is 26.4. The number of ether oxygens (including phenoxy) is 2. The van der Waals surface area contributed by atoms with Crippen molar-refractivity contribution in [3.63, 3.8) is 0 Å². The first-order valence-electron chi connectivity index (χ1n) is 12.7. The standard InChI is InChI=1S/C15H19NO4.C14H12ClN3O/c1-4-16(5-2)12-8-6-11(7-9-12)15(3)19-13(17)10-14(18)20-15;1-9-6-10(8-15)14(19)13(7-9)18-16-11-4-2-3-5-12(11)17-18/h6-9H,4-5,10H2,1-3H3;2-7,19H,8H2,1H3. The van der Waals surface area contributed by atoms with Crippen molar-refractivity contribution in [2.24, 2.45) is 0 Å². The third-order valence-electron chi connectivity index (χ3n) is 6.39. The number of rotatable bonds is 6. The fraction of sp³-hybridized carbons (Fsp3) is 0.310. The number of phenols is 1. The lowest BCUT2D eigenvalue weighted by Gasteiger charge is -2.33. The van der Waals surface area contributed by atoms with Crippen molar-refractivity contribution in [3.8, 4) is 11.4 Å². The Hall–Kier alpha value is -4.11. The molecule has 2 heterocycles. The fourth-order valence-electron chi connectivity index (χ4n) is 4.38. The second-order valence-corrected chi connectivity index (χ2v) is 9.46. The molecule has 0 saturated carbocycles. The number of benzene rings is 3. The van der Waals surface area contributed by atoms with Gasteiger partial charge < -0.3 is 19.5 Å². The number of hydrogen-bond acceptors (Lipinski definition) is 8. The smallest absolute Gasteiger partial charge is 0.320 e. The molecule has 204 valence electrons. The van der Waals surface area contributed by atoms with Crippen molar-refractivity contribution in [2.75, 3.05) is 18.0 Å². The molecule has 3 aromatic carbocycles. The minimum absolute atomic E-state index is 0.126. The highest BCUT2D eigenvalue weighted by atomic mass is 35.5. The number of alkyl halides is 1. The lowest BCUT2D eigenvalue weighted by molar-refractivity contribution is -0.242. The van der Waals surface area contributed by atoms with Crippen LogP contribution in [0.25, 0.3) is 16.7 Å². The molecule has 39 heavy (non-hydrogen) atoms. The highest BCUT2D eigenvalue weighted by Crippen LogP contribution is 2.32. The molecule has 0 atom stereocenters. The molecule has 1 saturated heterocycles. The van der Waals surface area contributed by atoms with Crippen LogP contribution in [-0.4, -0.2) is 45.1 Å². The van der Waals surface area contributed by atoms with E-state index >= 15 is 0 Å². The Bertz CT molecular complexity index is 1430. The summed E-state index contributed by atoms with van der Waals surface area (Å²) in [6.07, 6.45) is -0.326. The van der Waals surface area contributed by atoms with Gasteiger partial charge in [0, 0.05) is 36.8 Å². The van der Waals surface area contributed by atoms with Gasteiger partial charge in [0.25, 0.3) is 5.79 Å². The van der Waals surface area contributed by atoms with Crippen molar-refractivity contribution in [1.82, 2.24) is 15.0 Å². The molecule has 10 heteroatoms. The fourth-order valence-corrected chi connectivity index (χ4v) is 4.59. The molecule has 0 radical (unpaired) electrons. The van der Waals surface area contributed by atoms with Crippen LogP contribution in [0.4, 0.5) is 5.69 Å². The van der Waals surface area contributed by atoms with E-state index in [0.29, 0.717) is 16.8 Å². The van der Waals surface area contributed by atoms with Crippen molar-refractivity contribution < 1.29 is 24.2 Å². The third-order valence-corrected chi connectivity index (χ3v) is 6.67. The topological polar surface area (TPSA) is 107 Å². The maximum Gasteiger partial charge on any atom is 0.320 e. The first-order chi connectivity index (χ1) is 18.7. The molecule has 0 aliphatic carbocycles. The first-order valence-corrected chi connectivity index (χ1v) is 13.2. The van der Waals surface area contributed by atoms with E-state index in [9.17, 15) is 14.7 Å². The monoisotopic (exact) mass is 550 g/mol. The number of fused-ring (bicyclic) bond motifs is 1. The van der Waals surface area contributed by atoms with Crippen molar-refractivity contribution in [2.45, 2.75) is 45.8 Å². The molecule has 4 aromatic rings. The second kappa shape index (κ2) is 11.7. The quantitative estimate of drug-likeness (QED) is 0.194. The van der Waals surface area contributed by atoms with Gasteiger partial charge in [-0.2, -0.15) is 0 Å². The largest absolute Gasteiger partial charge is 0.505 e. The molecule has 0 unspecified atom stereocenters. The Labute approximate surface area is 231 Å². The summed E-state index contributed by atoms with van der Waals surface area (Å²) < 4.78 is 10.4. The normalized spacial score (nSPS) is 14.3. The predicted molar refractivity (Wildman–Crippen MR) is 149 cm³/mol. The summed E-state index contributed by atoms with van der Waals surface area (Å²) in [5.74, 6) is -2.07. The molecular formula is C29H31ClN4O5. The summed E-state index contributed by atoms with van der Waals surface area (Å²) in [7, 11) is 0. The van der Waals surface area contributed by atoms with Gasteiger partial charge in [0.15, 0.2) is 0 Å². The average molecular weight is 551 g/mol. The van der Waals surface area contributed by atoms with Crippen molar-refractivity contribution >= 4 is 40.3 Å². The maximum atomic E-state index is 11.4. The van der Waals surface area contributed by atoms with Crippen LogP contribution in [0.2, 0.25) is 0 Å². The number of phenolic OH excluding ortho intramolecular Hbond substituents is 1. The van der Waals surface area contributed by atoms with E-state index in [1.54, 1.807) is 6.92 Å².